The molecule has 1 aliphatic rings. The zero-order chi connectivity index (χ0) is 14.9. The molecule has 20 heavy (non-hydrogen) atoms. The number of ether oxygens (including phenoxy) is 1. The molecule has 0 aliphatic carbocycles. The standard InChI is InChI=1S/C15H19Cl2NO2/c1-4-13(19)18-8-10(7-9(18)2)14-12(20-3)6-5-11(16)15(14)17/h5-6,9-10H,4,7-8H2,1-3H3/t9-,10+/m1/s1. The highest BCUT2D eigenvalue weighted by atomic mass is 35.5. The van der Waals surface area contributed by atoms with Crippen LogP contribution in [0.5, 0.6) is 5.75 Å². The molecule has 2 rings (SSSR count). The summed E-state index contributed by atoms with van der Waals surface area (Å²) in [6.07, 6.45) is 1.40. The highest BCUT2D eigenvalue weighted by Crippen LogP contribution is 2.43. The van der Waals surface area contributed by atoms with E-state index < -0.39 is 0 Å². The van der Waals surface area contributed by atoms with Gasteiger partial charge < -0.3 is 9.64 Å². The van der Waals surface area contributed by atoms with Crippen molar-refractivity contribution < 1.29 is 9.53 Å². The number of likely N-dealkylation sites (tertiary alicyclic amines) is 1. The highest BCUT2D eigenvalue weighted by Gasteiger charge is 2.35. The van der Waals surface area contributed by atoms with Crippen LogP contribution in [0.3, 0.4) is 0 Å². The molecule has 0 radical (unpaired) electrons. The molecule has 1 aromatic rings. The van der Waals surface area contributed by atoms with E-state index in [1.807, 2.05) is 17.9 Å². The fourth-order valence-electron chi connectivity index (χ4n) is 2.90. The number of carbonyl (C=O) groups excluding carboxylic acids is 1. The van der Waals surface area contributed by atoms with Crippen molar-refractivity contribution in [1.82, 2.24) is 4.90 Å². The van der Waals surface area contributed by atoms with Gasteiger partial charge in [-0.1, -0.05) is 30.1 Å². The Bertz CT molecular complexity index is 519. The van der Waals surface area contributed by atoms with Crippen LogP contribution in [0.4, 0.5) is 0 Å². The molecule has 1 amide bonds. The number of carbonyl (C=O) groups is 1. The predicted molar refractivity (Wildman–Crippen MR) is 81.8 cm³/mol. The van der Waals surface area contributed by atoms with Crippen molar-refractivity contribution >= 4 is 29.1 Å². The molecule has 1 saturated heterocycles. The predicted octanol–water partition coefficient (Wildman–Crippen LogP) is 4.12. The molecule has 0 saturated carbocycles. The smallest absolute Gasteiger partial charge is 0.222 e. The van der Waals surface area contributed by atoms with Crippen LogP contribution in [0.15, 0.2) is 12.1 Å². The van der Waals surface area contributed by atoms with Gasteiger partial charge in [-0.25, -0.2) is 0 Å². The molecular weight excluding hydrogens is 297 g/mol. The normalized spacial score (nSPS) is 22.1. The number of rotatable bonds is 3. The summed E-state index contributed by atoms with van der Waals surface area (Å²) >= 11 is 12.5. The number of halogens is 2. The second-order valence-corrected chi connectivity index (χ2v) is 5.94. The Morgan fingerprint density at radius 3 is 2.75 bits per heavy atom. The molecule has 5 heteroatoms. The van der Waals surface area contributed by atoms with Crippen molar-refractivity contribution in [2.24, 2.45) is 0 Å². The summed E-state index contributed by atoms with van der Waals surface area (Å²) in [6.45, 7) is 4.62. The lowest BCUT2D eigenvalue weighted by molar-refractivity contribution is -0.131. The first-order chi connectivity index (χ1) is 9.49. The summed E-state index contributed by atoms with van der Waals surface area (Å²) in [5, 5.41) is 1.06. The molecule has 2 atom stereocenters. The van der Waals surface area contributed by atoms with Gasteiger partial charge in [-0.3, -0.25) is 4.79 Å². The quantitative estimate of drug-likeness (QED) is 0.839. The number of benzene rings is 1. The Labute approximate surface area is 129 Å². The van der Waals surface area contributed by atoms with Gasteiger partial charge in [0.05, 0.1) is 17.2 Å². The molecule has 0 unspecified atom stereocenters. The van der Waals surface area contributed by atoms with Gasteiger partial charge in [0, 0.05) is 30.5 Å². The average Bonchev–Trinajstić information content (AvgIpc) is 2.82. The molecule has 3 nitrogen and oxygen atoms in total. The third-order valence-electron chi connectivity index (χ3n) is 3.92. The first-order valence-corrected chi connectivity index (χ1v) is 7.56. The summed E-state index contributed by atoms with van der Waals surface area (Å²) < 4.78 is 5.40. The second kappa shape index (κ2) is 6.23. The summed E-state index contributed by atoms with van der Waals surface area (Å²) in [7, 11) is 1.62. The van der Waals surface area contributed by atoms with E-state index in [0.717, 1.165) is 17.7 Å². The first kappa shape index (κ1) is 15.5. The Hall–Kier alpha value is -0.930. The summed E-state index contributed by atoms with van der Waals surface area (Å²) in [5.41, 5.74) is 0.917. The average molecular weight is 316 g/mol. The number of methoxy groups -OCH3 is 1. The van der Waals surface area contributed by atoms with Crippen molar-refractivity contribution in [3.8, 4) is 5.75 Å². The van der Waals surface area contributed by atoms with Crippen LogP contribution in [0.1, 0.15) is 38.2 Å². The summed E-state index contributed by atoms with van der Waals surface area (Å²) in [4.78, 5) is 13.9. The van der Waals surface area contributed by atoms with Crippen molar-refractivity contribution in [3.63, 3.8) is 0 Å². The lowest BCUT2D eigenvalue weighted by atomic mass is 9.95. The highest BCUT2D eigenvalue weighted by molar-refractivity contribution is 6.42. The first-order valence-electron chi connectivity index (χ1n) is 6.80. The van der Waals surface area contributed by atoms with Gasteiger partial charge in [0.1, 0.15) is 5.75 Å². The fraction of sp³-hybridized carbons (Fsp3) is 0.533. The van der Waals surface area contributed by atoms with E-state index in [-0.39, 0.29) is 17.9 Å². The van der Waals surface area contributed by atoms with Crippen molar-refractivity contribution in [1.29, 1.82) is 0 Å². The minimum absolute atomic E-state index is 0.168. The van der Waals surface area contributed by atoms with Gasteiger partial charge in [-0.2, -0.15) is 0 Å². The maximum atomic E-state index is 11.9. The molecule has 1 fully saturated rings. The van der Waals surface area contributed by atoms with E-state index in [9.17, 15) is 4.79 Å². The van der Waals surface area contributed by atoms with E-state index in [2.05, 4.69) is 6.92 Å². The number of hydrogen-bond donors (Lipinski definition) is 0. The summed E-state index contributed by atoms with van der Waals surface area (Å²) in [6, 6.07) is 3.78. The molecular formula is C15H19Cl2NO2. The van der Waals surface area contributed by atoms with Crippen LogP contribution in [-0.2, 0) is 4.79 Å². The minimum Gasteiger partial charge on any atom is -0.496 e. The molecule has 0 N–H and O–H groups in total. The zero-order valence-corrected chi connectivity index (χ0v) is 13.5. The van der Waals surface area contributed by atoms with Crippen LogP contribution in [0.25, 0.3) is 0 Å². The van der Waals surface area contributed by atoms with Gasteiger partial charge >= 0.3 is 0 Å². The lowest BCUT2D eigenvalue weighted by Crippen LogP contribution is -2.33. The third-order valence-corrected chi connectivity index (χ3v) is 4.74. The SMILES string of the molecule is CCC(=O)N1C[C@@H](c2c(OC)ccc(Cl)c2Cl)C[C@H]1C. The van der Waals surface area contributed by atoms with E-state index in [1.54, 1.807) is 13.2 Å². The molecule has 0 bridgehead atoms. The monoisotopic (exact) mass is 315 g/mol. The molecule has 110 valence electrons. The van der Waals surface area contributed by atoms with Crippen molar-refractivity contribution in [2.75, 3.05) is 13.7 Å². The van der Waals surface area contributed by atoms with E-state index >= 15 is 0 Å². The Morgan fingerprint density at radius 2 is 2.15 bits per heavy atom. The summed E-state index contributed by atoms with van der Waals surface area (Å²) in [5.74, 6) is 1.08. The molecule has 0 aromatic heterocycles. The van der Waals surface area contributed by atoms with Crippen molar-refractivity contribution in [3.05, 3.63) is 27.7 Å². The fourth-order valence-corrected chi connectivity index (χ4v) is 3.37. The van der Waals surface area contributed by atoms with Gasteiger partial charge in [-0.15, -0.1) is 0 Å². The molecule has 1 heterocycles. The third kappa shape index (κ3) is 2.75. The Balaban J connectivity index is 2.34. The van der Waals surface area contributed by atoms with E-state index in [0.29, 0.717) is 23.0 Å². The lowest BCUT2D eigenvalue weighted by Gasteiger charge is -2.21. The number of hydrogen-bond acceptors (Lipinski definition) is 2. The molecule has 1 aromatic carbocycles. The van der Waals surface area contributed by atoms with Crippen LogP contribution in [0.2, 0.25) is 10.0 Å². The maximum absolute atomic E-state index is 11.9. The number of amides is 1. The largest absolute Gasteiger partial charge is 0.496 e. The minimum atomic E-state index is 0.168. The molecule has 0 spiro atoms. The van der Waals surface area contributed by atoms with Gasteiger partial charge in [0.15, 0.2) is 0 Å². The second-order valence-electron chi connectivity index (χ2n) is 5.16. The van der Waals surface area contributed by atoms with Crippen LogP contribution < -0.4 is 4.74 Å². The van der Waals surface area contributed by atoms with Crippen molar-refractivity contribution in [2.45, 2.75) is 38.6 Å². The molecule has 1 aliphatic heterocycles. The van der Waals surface area contributed by atoms with Crippen LogP contribution in [0, 0.1) is 0 Å². The van der Waals surface area contributed by atoms with Crippen LogP contribution in [-0.4, -0.2) is 30.5 Å². The van der Waals surface area contributed by atoms with Gasteiger partial charge in [-0.05, 0) is 25.5 Å². The maximum Gasteiger partial charge on any atom is 0.222 e. The Kier molecular flexibility index (Phi) is 4.82. The van der Waals surface area contributed by atoms with E-state index in [4.69, 9.17) is 27.9 Å². The van der Waals surface area contributed by atoms with Gasteiger partial charge in [0.25, 0.3) is 0 Å². The Morgan fingerprint density at radius 1 is 1.45 bits per heavy atom. The topological polar surface area (TPSA) is 29.5 Å². The van der Waals surface area contributed by atoms with E-state index in [1.165, 1.54) is 0 Å². The zero-order valence-electron chi connectivity index (χ0n) is 12.0. The van der Waals surface area contributed by atoms with Gasteiger partial charge in [0.2, 0.25) is 5.91 Å². The van der Waals surface area contributed by atoms with Crippen LogP contribution >= 0.6 is 23.2 Å². The number of nitrogens with zero attached hydrogens (tertiary/aromatic N) is 1.